The van der Waals surface area contributed by atoms with E-state index in [4.69, 9.17) is 0 Å². The molecule has 0 radical (unpaired) electrons. The van der Waals surface area contributed by atoms with E-state index in [0.29, 0.717) is 24.5 Å². The molecule has 6 heteroatoms. The van der Waals surface area contributed by atoms with E-state index in [1.807, 2.05) is 53.0 Å². The number of carbonyl (C=O) groups excluding carboxylic acids is 1. The molecule has 1 aliphatic heterocycles. The van der Waals surface area contributed by atoms with Gasteiger partial charge in [0, 0.05) is 43.6 Å². The zero-order valence-corrected chi connectivity index (χ0v) is 14.6. The fraction of sp³-hybridized carbons (Fsp3) is 0.474. The number of fused-ring (bicyclic) bond motifs is 1. The second-order valence-electron chi connectivity index (χ2n) is 7.12. The fourth-order valence-electron chi connectivity index (χ4n) is 4.10. The Labute approximate surface area is 148 Å². The lowest BCUT2D eigenvalue weighted by Gasteiger charge is -2.24. The minimum Gasteiger partial charge on any atom is -0.343 e. The van der Waals surface area contributed by atoms with E-state index in [0.717, 1.165) is 17.9 Å². The Kier molecular flexibility index (Phi) is 4.55. The molecule has 1 saturated carbocycles. The molecular formula is C19H25N5O. The number of imidazole rings is 1. The van der Waals surface area contributed by atoms with Crippen LogP contribution in [0.5, 0.6) is 0 Å². The van der Waals surface area contributed by atoms with Crippen molar-refractivity contribution < 1.29 is 4.79 Å². The van der Waals surface area contributed by atoms with Crippen molar-refractivity contribution in [2.24, 2.45) is 5.92 Å². The van der Waals surface area contributed by atoms with Gasteiger partial charge in [0.2, 0.25) is 5.91 Å². The summed E-state index contributed by atoms with van der Waals surface area (Å²) in [5.41, 5.74) is 7.79. The van der Waals surface area contributed by atoms with Crippen molar-refractivity contribution in [1.82, 2.24) is 25.3 Å². The van der Waals surface area contributed by atoms with E-state index in [9.17, 15) is 4.79 Å². The van der Waals surface area contributed by atoms with Crippen LogP contribution in [0.3, 0.4) is 0 Å². The maximum atomic E-state index is 12.7. The zero-order valence-electron chi connectivity index (χ0n) is 14.6. The molecule has 132 valence electrons. The lowest BCUT2D eigenvalue weighted by atomic mass is 9.97. The number of likely N-dealkylation sites (N-methyl/N-ethyl adjacent to an activating group) is 1. The molecule has 25 heavy (non-hydrogen) atoms. The number of benzene rings is 1. The molecule has 0 spiro atoms. The largest absolute Gasteiger partial charge is 0.343 e. The average molecular weight is 339 g/mol. The summed E-state index contributed by atoms with van der Waals surface area (Å²) in [5.74, 6) is 1.58. The highest BCUT2D eigenvalue weighted by molar-refractivity contribution is 5.76. The Morgan fingerprint density at radius 1 is 1.28 bits per heavy atom. The van der Waals surface area contributed by atoms with Gasteiger partial charge in [-0.1, -0.05) is 36.8 Å². The average Bonchev–Trinajstić information content (AvgIpc) is 3.34. The van der Waals surface area contributed by atoms with Gasteiger partial charge in [-0.15, -0.1) is 0 Å². The van der Waals surface area contributed by atoms with Gasteiger partial charge >= 0.3 is 0 Å². The summed E-state index contributed by atoms with van der Waals surface area (Å²) in [6.07, 6.45) is 7.39. The molecular weight excluding hydrogens is 314 g/mol. The molecule has 2 heterocycles. The predicted octanol–water partition coefficient (Wildman–Crippen LogP) is 1.65. The van der Waals surface area contributed by atoms with Gasteiger partial charge in [0.05, 0.1) is 0 Å². The number of aromatic nitrogens is 2. The van der Waals surface area contributed by atoms with Gasteiger partial charge in [0.15, 0.2) is 0 Å². The summed E-state index contributed by atoms with van der Waals surface area (Å²) >= 11 is 0. The first-order valence-corrected chi connectivity index (χ1v) is 9.04. The highest BCUT2D eigenvalue weighted by Gasteiger charge is 2.39. The predicted molar refractivity (Wildman–Crippen MR) is 96.5 cm³/mol. The normalized spacial score (nSPS) is 25.1. The summed E-state index contributed by atoms with van der Waals surface area (Å²) in [5, 5.41) is 0. The van der Waals surface area contributed by atoms with Gasteiger partial charge < -0.3 is 9.47 Å². The Morgan fingerprint density at radius 3 is 2.96 bits per heavy atom. The van der Waals surface area contributed by atoms with Crippen molar-refractivity contribution in [3.05, 3.63) is 42.7 Å². The molecule has 4 rings (SSSR count). The highest BCUT2D eigenvalue weighted by Crippen LogP contribution is 2.31. The van der Waals surface area contributed by atoms with Crippen LogP contribution in [0.4, 0.5) is 0 Å². The van der Waals surface area contributed by atoms with Gasteiger partial charge in [0.1, 0.15) is 12.4 Å². The van der Waals surface area contributed by atoms with Crippen molar-refractivity contribution in [3.8, 4) is 11.4 Å². The number of hydrogen-bond acceptors (Lipinski definition) is 4. The minimum atomic E-state index is 0.110. The van der Waals surface area contributed by atoms with Crippen LogP contribution in [-0.2, 0) is 11.3 Å². The molecule has 2 aliphatic rings. The second-order valence-corrected chi connectivity index (χ2v) is 7.12. The SMILES string of the molecule is CN(CC1NNC2CCCC21)C(=O)Cn1ccnc1-c1ccccc1. The molecule has 2 aromatic rings. The number of rotatable bonds is 5. The maximum absolute atomic E-state index is 12.7. The summed E-state index contributed by atoms with van der Waals surface area (Å²) in [6.45, 7) is 1.05. The number of carbonyl (C=O) groups is 1. The van der Waals surface area contributed by atoms with Crippen LogP contribution in [0.15, 0.2) is 42.7 Å². The third kappa shape index (κ3) is 3.32. The molecule has 1 saturated heterocycles. The molecule has 2 N–H and O–H groups in total. The zero-order chi connectivity index (χ0) is 17.2. The standard InChI is InChI=1S/C19H25N5O/c1-23(12-17-15-8-5-9-16(15)21-22-17)18(25)13-24-11-10-20-19(24)14-6-3-2-4-7-14/h2-4,6-7,10-11,15-17,21-22H,5,8-9,12-13H2,1H3. The topological polar surface area (TPSA) is 62.2 Å². The maximum Gasteiger partial charge on any atom is 0.242 e. The lowest BCUT2D eigenvalue weighted by molar-refractivity contribution is -0.130. The van der Waals surface area contributed by atoms with Crippen LogP contribution >= 0.6 is 0 Å². The van der Waals surface area contributed by atoms with Crippen LogP contribution in [-0.4, -0.2) is 46.0 Å². The van der Waals surface area contributed by atoms with Crippen molar-refractivity contribution in [2.75, 3.05) is 13.6 Å². The summed E-state index contributed by atoms with van der Waals surface area (Å²) in [6, 6.07) is 10.9. The molecule has 3 unspecified atom stereocenters. The fourth-order valence-corrected chi connectivity index (χ4v) is 4.10. The van der Waals surface area contributed by atoms with Crippen LogP contribution in [0, 0.1) is 5.92 Å². The van der Waals surface area contributed by atoms with E-state index >= 15 is 0 Å². The van der Waals surface area contributed by atoms with Crippen molar-refractivity contribution in [1.29, 1.82) is 0 Å². The number of amides is 1. The number of hydrogen-bond donors (Lipinski definition) is 2. The van der Waals surface area contributed by atoms with E-state index in [1.165, 1.54) is 19.3 Å². The first-order chi connectivity index (χ1) is 12.2. The number of nitrogens with zero attached hydrogens (tertiary/aromatic N) is 3. The van der Waals surface area contributed by atoms with Crippen molar-refractivity contribution >= 4 is 5.91 Å². The summed E-state index contributed by atoms with van der Waals surface area (Å²) in [7, 11) is 1.89. The second kappa shape index (κ2) is 6.98. The van der Waals surface area contributed by atoms with Crippen LogP contribution in [0.1, 0.15) is 19.3 Å². The smallest absolute Gasteiger partial charge is 0.242 e. The van der Waals surface area contributed by atoms with Gasteiger partial charge in [-0.2, -0.15) is 0 Å². The molecule has 0 bridgehead atoms. The molecule has 1 amide bonds. The van der Waals surface area contributed by atoms with Crippen LogP contribution in [0.2, 0.25) is 0 Å². The van der Waals surface area contributed by atoms with Crippen LogP contribution < -0.4 is 10.9 Å². The number of nitrogens with one attached hydrogen (secondary N) is 2. The van der Waals surface area contributed by atoms with Crippen molar-refractivity contribution in [2.45, 2.75) is 37.9 Å². The van der Waals surface area contributed by atoms with E-state index in [-0.39, 0.29) is 5.91 Å². The minimum absolute atomic E-state index is 0.110. The quantitative estimate of drug-likeness (QED) is 0.870. The molecule has 1 aromatic carbocycles. The van der Waals surface area contributed by atoms with E-state index < -0.39 is 0 Å². The summed E-state index contributed by atoms with van der Waals surface area (Å²) in [4.78, 5) is 19.0. The van der Waals surface area contributed by atoms with E-state index in [1.54, 1.807) is 6.20 Å². The van der Waals surface area contributed by atoms with Crippen molar-refractivity contribution in [3.63, 3.8) is 0 Å². The van der Waals surface area contributed by atoms with Gasteiger partial charge in [-0.3, -0.25) is 15.6 Å². The first kappa shape index (κ1) is 16.3. The van der Waals surface area contributed by atoms with Gasteiger partial charge in [-0.05, 0) is 18.8 Å². The first-order valence-electron chi connectivity index (χ1n) is 9.04. The molecule has 1 aliphatic carbocycles. The Hall–Kier alpha value is -2.18. The monoisotopic (exact) mass is 339 g/mol. The lowest BCUT2D eigenvalue weighted by Crippen LogP contribution is -2.44. The Bertz CT molecular complexity index is 728. The third-order valence-electron chi connectivity index (χ3n) is 5.49. The Balaban J connectivity index is 1.40. The highest BCUT2D eigenvalue weighted by atomic mass is 16.2. The summed E-state index contributed by atoms with van der Waals surface area (Å²) < 4.78 is 1.92. The van der Waals surface area contributed by atoms with Crippen LogP contribution in [0.25, 0.3) is 11.4 Å². The molecule has 3 atom stereocenters. The molecule has 6 nitrogen and oxygen atoms in total. The third-order valence-corrected chi connectivity index (χ3v) is 5.49. The van der Waals surface area contributed by atoms with E-state index in [2.05, 4.69) is 15.8 Å². The molecule has 2 fully saturated rings. The number of hydrazine groups is 1. The van der Waals surface area contributed by atoms with Gasteiger partial charge in [0.25, 0.3) is 0 Å². The Morgan fingerprint density at radius 2 is 2.12 bits per heavy atom. The molecule has 1 aromatic heterocycles. The van der Waals surface area contributed by atoms with Gasteiger partial charge in [-0.25, -0.2) is 4.98 Å².